The molecule has 2 amide bonds. The maximum Gasteiger partial charge on any atom is 0.266 e. The minimum Gasteiger partial charge on any atom is -0.474 e. The number of aliphatic imine (C=N–C) groups is 1. The minimum absolute atomic E-state index is 0.0704. The topological polar surface area (TPSA) is 124 Å². The van der Waals surface area contributed by atoms with Crippen LogP contribution in [0.3, 0.4) is 0 Å². The van der Waals surface area contributed by atoms with Crippen LogP contribution in [-0.2, 0) is 14.3 Å². The first kappa shape index (κ1) is 27.1. The van der Waals surface area contributed by atoms with Crippen molar-refractivity contribution in [3.8, 4) is 0 Å². The smallest absolute Gasteiger partial charge is 0.266 e. The summed E-state index contributed by atoms with van der Waals surface area (Å²) in [6.45, 7) is 9.80. The number of hydrogen-bond donors (Lipinski definition) is 4. The number of nitrogens with zero attached hydrogens (tertiary/aromatic N) is 3. The van der Waals surface area contributed by atoms with Crippen molar-refractivity contribution in [1.29, 1.82) is 0 Å². The zero-order chi connectivity index (χ0) is 26.4. The molecule has 2 aliphatic carbocycles. The molecule has 5 N–H and O–H groups in total. The van der Waals surface area contributed by atoms with Crippen molar-refractivity contribution in [2.75, 3.05) is 33.2 Å². The first-order valence-electron chi connectivity index (χ1n) is 13.4. The molecule has 2 heterocycles. The van der Waals surface area contributed by atoms with Gasteiger partial charge in [0, 0.05) is 51.1 Å². The molecule has 5 atom stereocenters. The zero-order valence-electron chi connectivity index (χ0n) is 22.0. The lowest BCUT2D eigenvalue weighted by atomic mass is 9.95. The average molecular weight is 512 g/mol. The van der Waals surface area contributed by atoms with Gasteiger partial charge in [-0.15, -0.1) is 0 Å². The molecule has 202 valence electrons. The highest BCUT2D eigenvalue weighted by atomic mass is 16.5. The van der Waals surface area contributed by atoms with Gasteiger partial charge in [-0.05, 0) is 32.4 Å². The summed E-state index contributed by atoms with van der Waals surface area (Å²) in [6.07, 6.45) is 12.9. The number of allylic oxidation sites excluding steroid dienone is 1. The Labute approximate surface area is 219 Å². The summed E-state index contributed by atoms with van der Waals surface area (Å²) in [7, 11) is 2.17. The molecule has 0 spiro atoms. The molecular formula is C27H41N7O3. The van der Waals surface area contributed by atoms with Crippen molar-refractivity contribution in [3.05, 3.63) is 48.5 Å². The Morgan fingerprint density at radius 3 is 2.62 bits per heavy atom. The first-order chi connectivity index (χ1) is 17.9. The molecule has 0 aromatic rings. The number of likely N-dealkylation sites (N-methyl/N-ethyl adjacent to an activating group) is 1. The van der Waals surface area contributed by atoms with Gasteiger partial charge in [0.25, 0.3) is 5.91 Å². The number of carbonyl (C=O) groups excluding carboxylic acids is 2. The first-order valence-corrected chi connectivity index (χ1v) is 13.4. The molecule has 0 aromatic carbocycles. The molecule has 4 aliphatic rings. The van der Waals surface area contributed by atoms with Crippen LogP contribution >= 0.6 is 0 Å². The molecule has 1 saturated heterocycles. The summed E-state index contributed by atoms with van der Waals surface area (Å²) in [4.78, 5) is 33.6. The zero-order valence-corrected chi connectivity index (χ0v) is 22.0. The lowest BCUT2D eigenvalue weighted by Crippen LogP contribution is -2.58. The monoisotopic (exact) mass is 511 g/mol. The highest BCUT2D eigenvalue weighted by Gasteiger charge is 2.33. The fourth-order valence-corrected chi connectivity index (χ4v) is 5.36. The van der Waals surface area contributed by atoms with Gasteiger partial charge in [-0.25, -0.2) is 4.99 Å². The molecule has 0 radical (unpaired) electrons. The molecule has 10 heteroatoms. The van der Waals surface area contributed by atoms with Crippen LogP contribution < -0.4 is 21.7 Å². The summed E-state index contributed by atoms with van der Waals surface area (Å²) in [5.74, 6) is -0.220. The second kappa shape index (κ2) is 12.5. The van der Waals surface area contributed by atoms with Gasteiger partial charge < -0.3 is 26.0 Å². The van der Waals surface area contributed by atoms with E-state index in [1.807, 2.05) is 19.1 Å². The van der Waals surface area contributed by atoms with Crippen LogP contribution in [0.1, 0.15) is 39.0 Å². The van der Waals surface area contributed by atoms with Gasteiger partial charge >= 0.3 is 0 Å². The van der Waals surface area contributed by atoms with Crippen LogP contribution in [-0.4, -0.2) is 90.9 Å². The third kappa shape index (κ3) is 7.09. The molecule has 0 bridgehead atoms. The highest BCUT2D eigenvalue weighted by molar-refractivity contribution is 6.40. The number of nitrogens with one attached hydrogen (secondary N) is 3. The molecule has 5 unspecified atom stereocenters. The van der Waals surface area contributed by atoms with Crippen LogP contribution in [0.4, 0.5) is 0 Å². The lowest BCUT2D eigenvalue weighted by molar-refractivity contribution is -0.117. The summed E-state index contributed by atoms with van der Waals surface area (Å²) < 4.78 is 6.37. The highest BCUT2D eigenvalue weighted by Crippen LogP contribution is 2.24. The number of rotatable bonds is 9. The van der Waals surface area contributed by atoms with Gasteiger partial charge in [-0.1, -0.05) is 37.8 Å². The Hall–Kier alpha value is -2.95. The second-order valence-electron chi connectivity index (χ2n) is 10.2. The van der Waals surface area contributed by atoms with E-state index in [0.717, 1.165) is 39.0 Å². The lowest BCUT2D eigenvalue weighted by Gasteiger charge is -2.41. The summed E-state index contributed by atoms with van der Waals surface area (Å²) in [5, 5.41) is 9.84. The minimum atomic E-state index is -0.557. The number of carbonyl (C=O) groups is 2. The SMILES string of the molecule is C=CC(=O)NC1C=CCC(OC2=C(CC)N=C(C(N)=O)C(NC3C=CCC(N4CCN(C)CC4)C3)N2)C1. The van der Waals surface area contributed by atoms with Crippen LogP contribution in [0, 0.1) is 0 Å². The van der Waals surface area contributed by atoms with E-state index in [1.54, 1.807) is 0 Å². The third-order valence-electron chi connectivity index (χ3n) is 7.47. The maximum atomic E-state index is 12.3. The van der Waals surface area contributed by atoms with Gasteiger partial charge in [0.05, 0.1) is 6.04 Å². The summed E-state index contributed by atoms with van der Waals surface area (Å²) in [5.41, 5.74) is 6.66. The van der Waals surface area contributed by atoms with Crippen LogP contribution in [0.2, 0.25) is 0 Å². The average Bonchev–Trinajstić information content (AvgIpc) is 2.89. The van der Waals surface area contributed by atoms with Crippen molar-refractivity contribution >= 4 is 17.5 Å². The van der Waals surface area contributed by atoms with E-state index in [0.29, 0.717) is 36.9 Å². The summed E-state index contributed by atoms with van der Waals surface area (Å²) >= 11 is 0. The number of primary amides is 1. The number of hydrogen-bond acceptors (Lipinski definition) is 8. The van der Waals surface area contributed by atoms with Gasteiger partial charge in [-0.2, -0.15) is 0 Å². The van der Waals surface area contributed by atoms with Crippen LogP contribution in [0.25, 0.3) is 0 Å². The molecule has 10 nitrogen and oxygen atoms in total. The van der Waals surface area contributed by atoms with E-state index in [2.05, 4.69) is 56.5 Å². The van der Waals surface area contributed by atoms with Crippen LogP contribution in [0.5, 0.6) is 0 Å². The standard InChI is InChI=1S/C27H41N7O3/c1-4-22-27(37-21-11-7-9-19(17-21)29-23(35)5-2)32-26(24(31-22)25(28)36)30-18-8-6-10-20(16-18)34-14-12-33(3)13-15-34/h5-9,18-21,26,30,32H,2,4,10-17H2,1,3H3,(H2,28,36)(H,29,35). The fourth-order valence-electron chi connectivity index (χ4n) is 5.36. The van der Waals surface area contributed by atoms with Gasteiger partial charge in [0.2, 0.25) is 11.8 Å². The fraction of sp³-hybridized carbons (Fsp3) is 0.593. The summed E-state index contributed by atoms with van der Waals surface area (Å²) in [6, 6.07) is 0.403. The quantitative estimate of drug-likeness (QED) is 0.266. The Kier molecular flexibility index (Phi) is 9.18. The molecular weight excluding hydrogens is 470 g/mol. The normalized spacial score (nSPS) is 30.9. The van der Waals surface area contributed by atoms with E-state index in [-0.39, 0.29) is 29.8 Å². The van der Waals surface area contributed by atoms with E-state index in [9.17, 15) is 9.59 Å². The van der Waals surface area contributed by atoms with E-state index < -0.39 is 12.1 Å². The van der Waals surface area contributed by atoms with Crippen molar-refractivity contribution in [3.63, 3.8) is 0 Å². The molecule has 2 aliphatic heterocycles. The Morgan fingerprint density at radius 2 is 1.92 bits per heavy atom. The van der Waals surface area contributed by atoms with Crippen molar-refractivity contribution in [2.24, 2.45) is 10.7 Å². The number of ether oxygens (including phenoxy) is 1. The predicted octanol–water partition coefficient (Wildman–Crippen LogP) is 0.751. The van der Waals surface area contributed by atoms with E-state index in [1.165, 1.54) is 6.08 Å². The number of piperazine rings is 1. The van der Waals surface area contributed by atoms with Gasteiger partial charge in [0.1, 0.15) is 23.7 Å². The van der Waals surface area contributed by atoms with Crippen molar-refractivity contribution in [2.45, 2.75) is 69.4 Å². The van der Waals surface area contributed by atoms with E-state index >= 15 is 0 Å². The van der Waals surface area contributed by atoms with Crippen molar-refractivity contribution in [1.82, 2.24) is 25.8 Å². The third-order valence-corrected chi connectivity index (χ3v) is 7.47. The van der Waals surface area contributed by atoms with E-state index in [4.69, 9.17) is 10.5 Å². The molecule has 1 fully saturated rings. The Morgan fingerprint density at radius 1 is 1.19 bits per heavy atom. The number of nitrogens with two attached hydrogens (primary N) is 1. The largest absolute Gasteiger partial charge is 0.474 e. The second-order valence-corrected chi connectivity index (χ2v) is 10.2. The molecule has 0 aromatic heterocycles. The number of amides is 2. The predicted molar refractivity (Wildman–Crippen MR) is 144 cm³/mol. The van der Waals surface area contributed by atoms with Crippen LogP contribution in [0.15, 0.2) is 53.5 Å². The van der Waals surface area contributed by atoms with Crippen molar-refractivity contribution < 1.29 is 14.3 Å². The molecule has 37 heavy (non-hydrogen) atoms. The molecule has 4 rings (SSSR count). The van der Waals surface area contributed by atoms with Gasteiger partial charge in [0.15, 0.2) is 0 Å². The molecule has 0 saturated carbocycles. The maximum absolute atomic E-state index is 12.3. The Bertz CT molecular complexity index is 980. The Balaban J connectivity index is 1.42. The van der Waals surface area contributed by atoms with Gasteiger partial charge in [-0.3, -0.25) is 19.8 Å².